The number of imidazole rings is 1. The van der Waals surface area contributed by atoms with E-state index in [4.69, 9.17) is 5.41 Å². The van der Waals surface area contributed by atoms with Crippen LogP contribution >= 0.6 is 0 Å². The lowest BCUT2D eigenvalue weighted by atomic mass is 9.98. The Kier molecular flexibility index (Phi) is 6.80. The highest BCUT2D eigenvalue weighted by atomic mass is 32.2. The maximum atomic E-state index is 12.4. The van der Waals surface area contributed by atoms with E-state index in [1.54, 1.807) is 12.5 Å². The molecule has 3 rings (SSSR count). The molecule has 3 atom stereocenters. The van der Waals surface area contributed by atoms with Crippen LogP contribution in [0.2, 0.25) is 0 Å². The third kappa shape index (κ3) is 5.30. The Hall–Kier alpha value is -2.53. The summed E-state index contributed by atoms with van der Waals surface area (Å²) in [6.07, 6.45) is 6.07. The maximum Gasteiger partial charge on any atom is 0.279 e. The van der Waals surface area contributed by atoms with Crippen LogP contribution < -0.4 is 9.62 Å². The van der Waals surface area contributed by atoms with Crippen molar-refractivity contribution in [1.82, 2.24) is 24.7 Å². The minimum absolute atomic E-state index is 0.0991. The van der Waals surface area contributed by atoms with Gasteiger partial charge in [0.15, 0.2) is 0 Å². The molecule has 1 aliphatic rings. The van der Waals surface area contributed by atoms with Crippen molar-refractivity contribution in [2.24, 2.45) is 0 Å². The Labute approximate surface area is 170 Å². The first-order valence-electron chi connectivity index (χ1n) is 9.13. The number of rotatable bonds is 7. The molecule has 1 fully saturated rings. The molecule has 0 amide bonds. The largest absolute Gasteiger partial charge is 0.352 e. The smallest absolute Gasteiger partial charge is 0.279 e. The zero-order valence-electron chi connectivity index (χ0n) is 16.1. The van der Waals surface area contributed by atoms with Crippen molar-refractivity contribution in [2.45, 2.75) is 38.3 Å². The molecule has 0 aromatic carbocycles. The topological polar surface area (TPSA) is 111 Å². The van der Waals surface area contributed by atoms with Gasteiger partial charge in [-0.25, -0.2) is 32.7 Å². The highest BCUT2D eigenvalue weighted by Gasteiger charge is 2.29. The van der Waals surface area contributed by atoms with Gasteiger partial charge < -0.3 is 9.88 Å². The molecule has 3 N–H and O–H groups in total. The van der Waals surface area contributed by atoms with Crippen LogP contribution in [0.15, 0.2) is 24.7 Å². The summed E-state index contributed by atoms with van der Waals surface area (Å²) in [6.45, 7) is 2.90. The molecule has 0 aliphatic carbocycles. The number of allylic oxidation sites excluding steroid dienone is 1. The van der Waals surface area contributed by atoms with Crippen LogP contribution in [-0.2, 0) is 11.0 Å². The van der Waals surface area contributed by atoms with Crippen LogP contribution in [0.3, 0.4) is 0 Å². The number of nitrogens with one attached hydrogen (secondary N) is 3. The Morgan fingerprint density at radius 1 is 1.45 bits per heavy atom. The normalized spacial score (nSPS) is 21.1. The second-order valence-electron chi connectivity index (χ2n) is 6.79. The van der Waals surface area contributed by atoms with Gasteiger partial charge in [0.25, 0.3) is 6.43 Å². The lowest BCUT2D eigenvalue weighted by Crippen LogP contribution is -2.53. The van der Waals surface area contributed by atoms with E-state index in [-0.39, 0.29) is 12.1 Å². The fraction of sp³-hybridized carbons (Fsp3) is 0.444. The first kappa shape index (κ1) is 21.2. The molecule has 156 valence electrons. The standard InChI is InChI=1S/C18H23F2N7OS/c1-11-13(26-29(2)28)4-3-7-27(11)17-8-14(23-10-24-17)15-9-22-16(25-15)6-5-12(21)18(19)20/h5-6,8-11,13,18,21,26H,3-4,7H2,1-2H3,(H,22,25)/b6-5-,21-12?. The van der Waals surface area contributed by atoms with Crippen molar-refractivity contribution in [3.05, 3.63) is 30.5 Å². The molecule has 0 bridgehead atoms. The molecule has 0 spiro atoms. The molecule has 2 aromatic heterocycles. The SMILES string of the molecule is CC1C(NS(C)=O)CCCN1c1cc(-c2cnc(/C=C\C(=N)C(F)F)[nH]2)ncn1. The van der Waals surface area contributed by atoms with E-state index in [0.29, 0.717) is 17.2 Å². The van der Waals surface area contributed by atoms with Gasteiger partial charge in [-0.1, -0.05) is 0 Å². The van der Waals surface area contributed by atoms with Crippen LogP contribution in [0.4, 0.5) is 14.6 Å². The molecule has 1 saturated heterocycles. The summed E-state index contributed by atoms with van der Waals surface area (Å²) in [4.78, 5) is 17.9. The van der Waals surface area contributed by atoms with E-state index >= 15 is 0 Å². The summed E-state index contributed by atoms with van der Waals surface area (Å²) in [5.41, 5.74) is 0.459. The highest BCUT2D eigenvalue weighted by Crippen LogP contribution is 2.26. The van der Waals surface area contributed by atoms with Gasteiger partial charge >= 0.3 is 0 Å². The van der Waals surface area contributed by atoms with Crippen molar-refractivity contribution in [1.29, 1.82) is 5.41 Å². The van der Waals surface area contributed by atoms with E-state index < -0.39 is 23.1 Å². The lowest BCUT2D eigenvalue weighted by Gasteiger charge is -2.40. The van der Waals surface area contributed by atoms with E-state index in [1.165, 1.54) is 12.4 Å². The number of piperidine rings is 1. The number of anilines is 1. The maximum absolute atomic E-state index is 12.4. The monoisotopic (exact) mass is 423 g/mol. The van der Waals surface area contributed by atoms with Crippen LogP contribution in [-0.4, -0.2) is 61.2 Å². The molecule has 29 heavy (non-hydrogen) atoms. The Morgan fingerprint density at radius 3 is 2.97 bits per heavy atom. The summed E-state index contributed by atoms with van der Waals surface area (Å²) in [5.74, 6) is 1.11. The van der Waals surface area contributed by atoms with Crippen LogP contribution in [0.25, 0.3) is 17.5 Å². The van der Waals surface area contributed by atoms with Crippen LogP contribution in [0.1, 0.15) is 25.6 Å². The fourth-order valence-corrected chi connectivity index (χ4v) is 4.02. The summed E-state index contributed by atoms with van der Waals surface area (Å²) in [7, 11) is -1.09. The van der Waals surface area contributed by atoms with E-state index in [2.05, 4.69) is 36.5 Å². The van der Waals surface area contributed by atoms with Crippen molar-refractivity contribution in [3.8, 4) is 11.4 Å². The predicted molar refractivity (Wildman–Crippen MR) is 109 cm³/mol. The van der Waals surface area contributed by atoms with E-state index in [0.717, 1.165) is 31.3 Å². The number of hydrogen-bond donors (Lipinski definition) is 3. The minimum Gasteiger partial charge on any atom is -0.352 e. The molecular formula is C18H23F2N7OS. The highest BCUT2D eigenvalue weighted by molar-refractivity contribution is 7.82. The number of halogens is 2. The molecular weight excluding hydrogens is 400 g/mol. The molecule has 0 saturated carbocycles. The van der Waals surface area contributed by atoms with Gasteiger partial charge in [-0.3, -0.25) is 5.41 Å². The quantitative estimate of drug-likeness (QED) is 0.593. The molecule has 3 unspecified atom stereocenters. The molecule has 11 heteroatoms. The minimum atomic E-state index is -2.82. The molecule has 0 radical (unpaired) electrons. The molecule has 8 nitrogen and oxygen atoms in total. The first-order chi connectivity index (χ1) is 13.8. The summed E-state index contributed by atoms with van der Waals surface area (Å²) >= 11 is 0. The third-order valence-corrected chi connectivity index (χ3v) is 5.41. The van der Waals surface area contributed by atoms with Crippen molar-refractivity contribution < 1.29 is 13.0 Å². The average molecular weight is 423 g/mol. The van der Waals surface area contributed by atoms with Gasteiger partial charge in [-0.15, -0.1) is 0 Å². The number of aromatic amines is 1. The molecule has 1 aliphatic heterocycles. The average Bonchev–Trinajstić information content (AvgIpc) is 3.16. The predicted octanol–water partition coefficient (Wildman–Crippen LogP) is 2.41. The van der Waals surface area contributed by atoms with Crippen molar-refractivity contribution in [2.75, 3.05) is 17.7 Å². The summed E-state index contributed by atoms with van der Waals surface area (Å²) < 4.78 is 39.5. The number of aromatic nitrogens is 4. The van der Waals surface area contributed by atoms with Gasteiger partial charge in [0.1, 0.15) is 18.0 Å². The molecule has 3 heterocycles. The number of H-pyrrole nitrogens is 1. The Morgan fingerprint density at radius 2 is 2.24 bits per heavy atom. The van der Waals surface area contributed by atoms with Gasteiger partial charge in [0.05, 0.1) is 34.3 Å². The van der Waals surface area contributed by atoms with E-state index in [1.807, 2.05) is 6.07 Å². The van der Waals surface area contributed by atoms with Crippen LogP contribution in [0, 0.1) is 5.41 Å². The third-order valence-electron chi connectivity index (χ3n) is 4.78. The second-order valence-corrected chi connectivity index (χ2v) is 7.93. The second kappa shape index (κ2) is 9.31. The van der Waals surface area contributed by atoms with Crippen LogP contribution in [0.5, 0.6) is 0 Å². The zero-order chi connectivity index (χ0) is 21.0. The van der Waals surface area contributed by atoms with Gasteiger partial charge in [-0.05, 0) is 31.9 Å². The van der Waals surface area contributed by atoms with Gasteiger partial charge in [-0.2, -0.15) is 0 Å². The lowest BCUT2D eigenvalue weighted by molar-refractivity contribution is 0.226. The Bertz CT molecular complexity index is 917. The molecule has 2 aromatic rings. The van der Waals surface area contributed by atoms with Gasteiger partial charge in [0, 0.05) is 31.0 Å². The zero-order valence-corrected chi connectivity index (χ0v) is 16.9. The summed E-state index contributed by atoms with van der Waals surface area (Å²) in [6, 6.07) is 2.04. The number of hydrogen-bond acceptors (Lipinski definition) is 6. The fourth-order valence-electron chi connectivity index (χ4n) is 3.28. The summed E-state index contributed by atoms with van der Waals surface area (Å²) in [5, 5.41) is 7.15. The van der Waals surface area contributed by atoms with Gasteiger partial charge in [0.2, 0.25) is 0 Å². The van der Waals surface area contributed by atoms with E-state index in [9.17, 15) is 13.0 Å². The van der Waals surface area contributed by atoms with Crippen molar-refractivity contribution >= 4 is 28.6 Å². The Balaban J connectivity index is 1.78. The number of nitrogens with zero attached hydrogens (tertiary/aromatic N) is 4. The number of alkyl halides is 2. The first-order valence-corrected chi connectivity index (χ1v) is 10.7. The van der Waals surface area contributed by atoms with Crippen molar-refractivity contribution in [3.63, 3.8) is 0 Å².